The van der Waals surface area contributed by atoms with Crippen molar-refractivity contribution in [3.63, 3.8) is 0 Å². The normalized spacial score (nSPS) is 10.7. The topological polar surface area (TPSA) is 46.3 Å². The van der Waals surface area contributed by atoms with Crippen LogP contribution >= 0.6 is 11.6 Å². The zero-order valence-electron chi connectivity index (χ0n) is 8.28. The standard InChI is InChI=1S/C11H9ClFNO2/c12-7-1-2-9(10(13)5-7)11-6-8(3-4-15)16-14-11/h1-2,5-6,15H,3-4H2. The van der Waals surface area contributed by atoms with Crippen LogP contribution in [-0.2, 0) is 6.42 Å². The number of halogens is 2. The van der Waals surface area contributed by atoms with E-state index in [1.165, 1.54) is 12.1 Å². The fourth-order valence-electron chi connectivity index (χ4n) is 1.37. The summed E-state index contributed by atoms with van der Waals surface area (Å²) in [5.41, 5.74) is 0.731. The Morgan fingerprint density at radius 1 is 1.38 bits per heavy atom. The molecule has 5 heteroatoms. The Balaban J connectivity index is 2.35. The summed E-state index contributed by atoms with van der Waals surface area (Å²) >= 11 is 5.64. The van der Waals surface area contributed by atoms with Crippen LogP contribution in [0.5, 0.6) is 0 Å². The summed E-state index contributed by atoms with van der Waals surface area (Å²) in [6.45, 7) is -0.0300. The number of aliphatic hydroxyl groups excluding tert-OH is 1. The lowest BCUT2D eigenvalue weighted by Crippen LogP contribution is -1.86. The van der Waals surface area contributed by atoms with Gasteiger partial charge in [-0.15, -0.1) is 0 Å². The molecule has 1 heterocycles. The Morgan fingerprint density at radius 3 is 2.88 bits per heavy atom. The number of aromatic nitrogens is 1. The van der Waals surface area contributed by atoms with Gasteiger partial charge < -0.3 is 9.63 Å². The molecule has 2 aromatic rings. The second kappa shape index (κ2) is 4.63. The number of nitrogens with zero attached hydrogens (tertiary/aromatic N) is 1. The van der Waals surface area contributed by atoms with Crippen LogP contribution in [0.1, 0.15) is 5.76 Å². The molecule has 1 N–H and O–H groups in total. The van der Waals surface area contributed by atoms with E-state index in [1.54, 1.807) is 12.1 Å². The van der Waals surface area contributed by atoms with E-state index >= 15 is 0 Å². The lowest BCUT2D eigenvalue weighted by molar-refractivity contribution is 0.277. The molecule has 1 aromatic heterocycles. The van der Waals surface area contributed by atoms with Gasteiger partial charge in [-0.3, -0.25) is 0 Å². The van der Waals surface area contributed by atoms with Crippen LogP contribution in [0.4, 0.5) is 4.39 Å². The fraction of sp³-hybridized carbons (Fsp3) is 0.182. The molecule has 0 aliphatic rings. The molecule has 0 radical (unpaired) electrons. The van der Waals surface area contributed by atoms with E-state index in [0.717, 1.165) is 0 Å². The van der Waals surface area contributed by atoms with Gasteiger partial charge in [-0.25, -0.2) is 4.39 Å². The molecule has 0 amide bonds. The Hall–Kier alpha value is -1.39. The Bertz CT molecular complexity index is 498. The largest absolute Gasteiger partial charge is 0.396 e. The first-order chi connectivity index (χ1) is 7.70. The van der Waals surface area contributed by atoms with Gasteiger partial charge in [0.1, 0.15) is 17.3 Å². The van der Waals surface area contributed by atoms with Gasteiger partial charge in [0.25, 0.3) is 0 Å². The summed E-state index contributed by atoms with van der Waals surface area (Å²) in [7, 11) is 0. The van der Waals surface area contributed by atoms with Crippen LogP contribution in [0.2, 0.25) is 5.02 Å². The van der Waals surface area contributed by atoms with Gasteiger partial charge >= 0.3 is 0 Å². The van der Waals surface area contributed by atoms with Crippen LogP contribution in [-0.4, -0.2) is 16.9 Å². The third kappa shape index (κ3) is 2.23. The Kier molecular flexibility index (Phi) is 3.22. The molecule has 0 unspecified atom stereocenters. The first-order valence-corrected chi connectivity index (χ1v) is 5.10. The summed E-state index contributed by atoms with van der Waals surface area (Å²) < 4.78 is 18.5. The summed E-state index contributed by atoms with van der Waals surface area (Å²) in [6.07, 6.45) is 0.363. The van der Waals surface area contributed by atoms with E-state index in [0.29, 0.717) is 28.5 Å². The van der Waals surface area contributed by atoms with E-state index in [2.05, 4.69) is 5.16 Å². The molecule has 84 valence electrons. The summed E-state index contributed by atoms with van der Waals surface area (Å²) in [5.74, 6) is 0.0724. The molecule has 0 spiro atoms. The number of benzene rings is 1. The fourth-order valence-corrected chi connectivity index (χ4v) is 1.52. The van der Waals surface area contributed by atoms with E-state index < -0.39 is 5.82 Å². The minimum atomic E-state index is -0.448. The molecule has 3 nitrogen and oxygen atoms in total. The van der Waals surface area contributed by atoms with Crippen LogP contribution in [0.3, 0.4) is 0 Å². The highest BCUT2D eigenvalue weighted by atomic mass is 35.5. The van der Waals surface area contributed by atoms with Gasteiger partial charge in [0.05, 0.1) is 6.61 Å². The van der Waals surface area contributed by atoms with Crippen molar-refractivity contribution in [2.75, 3.05) is 6.61 Å². The number of aliphatic hydroxyl groups is 1. The van der Waals surface area contributed by atoms with Crippen molar-refractivity contribution >= 4 is 11.6 Å². The molecular formula is C11H9ClFNO2. The predicted octanol–water partition coefficient (Wildman–Crippen LogP) is 2.67. The van der Waals surface area contributed by atoms with E-state index in [4.69, 9.17) is 21.2 Å². The zero-order chi connectivity index (χ0) is 11.5. The number of hydrogen-bond donors (Lipinski definition) is 1. The minimum Gasteiger partial charge on any atom is -0.396 e. The van der Waals surface area contributed by atoms with Crippen molar-refractivity contribution in [3.05, 3.63) is 40.9 Å². The molecule has 0 aliphatic heterocycles. The van der Waals surface area contributed by atoms with Gasteiger partial charge in [0, 0.05) is 23.1 Å². The molecule has 16 heavy (non-hydrogen) atoms. The molecular weight excluding hydrogens is 233 g/mol. The van der Waals surface area contributed by atoms with E-state index in [1.807, 2.05) is 0 Å². The lowest BCUT2D eigenvalue weighted by atomic mass is 10.1. The maximum Gasteiger partial charge on any atom is 0.139 e. The molecule has 0 saturated carbocycles. The monoisotopic (exact) mass is 241 g/mol. The minimum absolute atomic E-state index is 0.0300. The molecule has 0 atom stereocenters. The third-order valence-corrected chi connectivity index (χ3v) is 2.36. The highest BCUT2D eigenvalue weighted by Gasteiger charge is 2.10. The van der Waals surface area contributed by atoms with Gasteiger partial charge in [-0.05, 0) is 18.2 Å². The summed E-state index contributed by atoms with van der Waals surface area (Å²) in [5, 5.41) is 12.8. The lowest BCUT2D eigenvalue weighted by Gasteiger charge is -1.97. The van der Waals surface area contributed by atoms with E-state index in [9.17, 15) is 4.39 Å². The highest BCUT2D eigenvalue weighted by molar-refractivity contribution is 6.30. The first kappa shape index (κ1) is 11.1. The molecule has 0 bridgehead atoms. The molecule has 0 aliphatic carbocycles. The summed E-state index contributed by atoms with van der Waals surface area (Å²) in [4.78, 5) is 0. The van der Waals surface area contributed by atoms with Crippen LogP contribution < -0.4 is 0 Å². The predicted molar refractivity (Wildman–Crippen MR) is 57.7 cm³/mol. The molecule has 0 saturated heterocycles. The van der Waals surface area contributed by atoms with Crippen LogP contribution in [0.25, 0.3) is 11.3 Å². The van der Waals surface area contributed by atoms with Gasteiger partial charge in [0.15, 0.2) is 0 Å². The second-order valence-corrected chi connectivity index (χ2v) is 3.71. The van der Waals surface area contributed by atoms with Crippen LogP contribution in [0, 0.1) is 5.82 Å². The Labute approximate surface area is 96.4 Å². The average Bonchev–Trinajstić information content (AvgIpc) is 2.67. The number of rotatable bonds is 3. The van der Waals surface area contributed by atoms with Crippen molar-refractivity contribution < 1.29 is 14.0 Å². The van der Waals surface area contributed by atoms with Crippen molar-refractivity contribution in [2.45, 2.75) is 6.42 Å². The van der Waals surface area contributed by atoms with Gasteiger partial charge in [0.2, 0.25) is 0 Å². The van der Waals surface area contributed by atoms with Crippen molar-refractivity contribution in [1.82, 2.24) is 5.16 Å². The first-order valence-electron chi connectivity index (χ1n) is 4.72. The van der Waals surface area contributed by atoms with E-state index in [-0.39, 0.29) is 6.61 Å². The molecule has 0 fully saturated rings. The highest BCUT2D eigenvalue weighted by Crippen LogP contribution is 2.25. The average molecular weight is 242 g/mol. The number of hydrogen-bond acceptors (Lipinski definition) is 3. The van der Waals surface area contributed by atoms with Gasteiger partial charge in [-0.2, -0.15) is 0 Å². The summed E-state index contributed by atoms with van der Waals surface area (Å²) in [6, 6.07) is 5.94. The smallest absolute Gasteiger partial charge is 0.139 e. The maximum absolute atomic E-state index is 13.5. The van der Waals surface area contributed by atoms with Crippen molar-refractivity contribution in [2.24, 2.45) is 0 Å². The van der Waals surface area contributed by atoms with Crippen molar-refractivity contribution in [1.29, 1.82) is 0 Å². The second-order valence-electron chi connectivity index (χ2n) is 3.28. The van der Waals surface area contributed by atoms with Gasteiger partial charge in [-0.1, -0.05) is 16.8 Å². The SMILES string of the molecule is OCCc1cc(-c2ccc(Cl)cc2F)no1. The molecule has 1 aromatic carbocycles. The van der Waals surface area contributed by atoms with Crippen molar-refractivity contribution in [3.8, 4) is 11.3 Å². The Morgan fingerprint density at radius 2 is 2.19 bits per heavy atom. The maximum atomic E-state index is 13.5. The quantitative estimate of drug-likeness (QED) is 0.899. The zero-order valence-corrected chi connectivity index (χ0v) is 9.04. The van der Waals surface area contributed by atoms with Crippen LogP contribution in [0.15, 0.2) is 28.8 Å². The third-order valence-electron chi connectivity index (χ3n) is 2.12. The molecule has 2 rings (SSSR count).